The summed E-state index contributed by atoms with van der Waals surface area (Å²) in [6.07, 6.45) is 6.70. The van der Waals surface area contributed by atoms with E-state index in [0.29, 0.717) is 19.6 Å². The number of nitrogens with zero attached hydrogens (tertiary/aromatic N) is 2. The van der Waals surface area contributed by atoms with Gasteiger partial charge in [0.2, 0.25) is 11.8 Å². The molecular weight excluding hydrogens is 368 g/mol. The average Bonchev–Trinajstić information content (AvgIpc) is 3.36. The summed E-state index contributed by atoms with van der Waals surface area (Å²) in [6.45, 7) is 4.41. The monoisotopic (exact) mass is 394 g/mol. The highest BCUT2D eigenvalue weighted by Gasteiger charge is 2.67. The number of carbonyl (C=O) groups excluding carboxylic acids is 2. The van der Waals surface area contributed by atoms with Crippen molar-refractivity contribution in [2.45, 2.75) is 31.6 Å². The summed E-state index contributed by atoms with van der Waals surface area (Å²) in [5, 5.41) is 0. The zero-order valence-electron chi connectivity index (χ0n) is 16.8. The average molecular weight is 394 g/mol. The van der Waals surface area contributed by atoms with Gasteiger partial charge >= 0.3 is 0 Å². The number of likely N-dealkylation sites (tertiary alicyclic amines) is 1. The molecule has 5 rings (SSSR count). The topological polar surface area (TPSA) is 59.1 Å². The first-order valence-electron chi connectivity index (χ1n) is 10.2. The van der Waals surface area contributed by atoms with Crippen LogP contribution >= 0.6 is 0 Å². The summed E-state index contributed by atoms with van der Waals surface area (Å²) >= 11 is 0. The molecule has 4 atom stereocenters. The van der Waals surface area contributed by atoms with Crippen molar-refractivity contribution in [2.24, 2.45) is 11.8 Å². The van der Waals surface area contributed by atoms with Crippen LogP contribution in [-0.4, -0.2) is 60.1 Å². The molecule has 0 unspecified atom stereocenters. The molecule has 0 N–H and O–H groups in total. The van der Waals surface area contributed by atoms with Gasteiger partial charge in [-0.1, -0.05) is 35.9 Å². The Balaban J connectivity index is 1.38. The van der Waals surface area contributed by atoms with E-state index in [1.54, 1.807) is 7.11 Å². The molecule has 1 spiro atoms. The number of hydrogen-bond donors (Lipinski definition) is 0. The second-order valence-electron chi connectivity index (χ2n) is 8.53. The van der Waals surface area contributed by atoms with Crippen molar-refractivity contribution < 1.29 is 19.1 Å². The van der Waals surface area contributed by atoms with Crippen LogP contribution in [0.4, 0.5) is 0 Å². The summed E-state index contributed by atoms with van der Waals surface area (Å²) in [6, 6.07) is 7.74. The lowest BCUT2D eigenvalue weighted by Crippen LogP contribution is -2.47. The molecule has 6 nitrogen and oxygen atoms in total. The first-order valence-corrected chi connectivity index (χ1v) is 10.2. The van der Waals surface area contributed by atoms with Gasteiger partial charge in [-0.3, -0.25) is 9.59 Å². The largest absolute Gasteiger partial charge is 0.497 e. The van der Waals surface area contributed by atoms with Crippen molar-refractivity contribution >= 4 is 11.8 Å². The van der Waals surface area contributed by atoms with Gasteiger partial charge < -0.3 is 19.3 Å². The quantitative estimate of drug-likeness (QED) is 0.735. The van der Waals surface area contributed by atoms with Crippen LogP contribution < -0.4 is 4.74 Å². The number of ether oxygens (including phenoxy) is 2. The Hall–Kier alpha value is -2.60. The molecule has 6 heteroatoms. The SMILES string of the molecule is COc1cccc(CN2C[C@]34C=C[C@H](O3)[C@H](C(=O)N3CC=C(C)CC3)[C@H]4C2=O)c1. The van der Waals surface area contributed by atoms with E-state index >= 15 is 0 Å². The normalized spacial score (nSPS) is 32.6. The number of amides is 2. The molecule has 2 bridgehead atoms. The van der Waals surface area contributed by atoms with Gasteiger partial charge in [-0.2, -0.15) is 0 Å². The van der Waals surface area contributed by atoms with Gasteiger partial charge in [0.15, 0.2) is 0 Å². The Bertz CT molecular complexity index is 923. The van der Waals surface area contributed by atoms with Crippen molar-refractivity contribution in [3.8, 4) is 5.75 Å². The Morgan fingerprint density at radius 1 is 1.38 bits per heavy atom. The zero-order chi connectivity index (χ0) is 20.2. The Morgan fingerprint density at radius 3 is 3.00 bits per heavy atom. The van der Waals surface area contributed by atoms with Gasteiger partial charge in [0.1, 0.15) is 11.4 Å². The summed E-state index contributed by atoms with van der Waals surface area (Å²) in [5.41, 5.74) is 1.66. The molecule has 0 radical (unpaired) electrons. The van der Waals surface area contributed by atoms with Gasteiger partial charge in [0.05, 0.1) is 31.6 Å². The highest BCUT2D eigenvalue weighted by atomic mass is 16.5. The predicted molar refractivity (Wildman–Crippen MR) is 107 cm³/mol. The minimum Gasteiger partial charge on any atom is -0.497 e. The third kappa shape index (κ3) is 2.89. The lowest BCUT2D eigenvalue weighted by Gasteiger charge is -2.31. The molecule has 152 valence electrons. The number of rotatable bonds is 4. The molecule has 4 aliphatic heterocycles. The summed E-state index contributed by atoms with van der Waals surface area (Å²) in [7, 11) is 1.63. The van der Waals surface area contributed by atoms with Crippen LogP contribution in [-0.2, 0) is 20.9 Å². The van der Waals surface area contributed by atoms with E-state index in [1.165, 1.54) is 5.57 Å². The fraction of sp³-hybridized carbons (Fsp3) is 0.478. The van der Waals surface area contributed by atoms with E-state index in [9.17, 15) is 9.59 Å². The maximum absolute atomic E-state index is 13.4. The fourth-order valence-corrected chi connectivity index (χ4v) is 5.17. The first kappa shape index (κ1) is 18.4. The van der Waals surface area contributed by atoms with Crippen LogP contribution in [0.25, 0.3) is 0 Å². The second-order valence-corrected chi connectivity index (χ2v) is 8.53. The van der Waals surface area contributed by atoms with Crippen LogP contribution in [0.3, 0.4) is 0 Å². The molecule has 0 saturated carbocycles. The number of fused-ring (bicyclic) bond motifs is 1. The minimum atomic E-state index is -0.664. The van der Waals surface area contributed by atoms with E-state index in [4.69, 9.17) is 9.47 Å². The van der Waals surface area contributed by atoms with Crippen molar-refractivity contribution in [3.05, 3.63) is 53.6 Å². The van der Waals surface area contributed by atoms with Crippen LogP contribution in [0, 0.1) is 11.8 Å². The molecule has 4 aliphatic rings. The van der Waals surface area contributed by atoms with Crippen LogP contribution in [0.15, 0.2) is 48.1 Å². The minimum absolute atomic E-state index is 0.0155. The van der Waals surface area contributed by atoms with Gasteiger partial charge in [0, 0.05) is 19.6 Å². The number of hydrogen-bond acceptors (Lipinski definition) is 4. The van der Waals surface area contributed by atoms with Crippen LogP contribution in [0.2, 0.25) is 0 Å². The molecular formula is C23H26N2O4. The van der Waals surface area contributed by atoms with E-state index in [-0.39, 0.29) is 17.9 Å². The molecule has 1 aromatic rings. The molecule has 4 heterocycles. The van der Waals surface area contributed by atoms with Crippen molar-refractivity contribution in [1.82, 2.24) is 9.80 Å². The van der Waals surface area contributed by atoms with Gasteiger partial charge in [-0.25, -0.2) is 0 Å². The fourth-order valence-electron chi connectivity index (χ4n) is 5.17. The molecule has 2 fully saturated rings. The highest BCUT2D eigenvalue weighted by Crippen LogP contribution is 2.52. The molecule has 29 heavy (non-hydrogen) atoms. The molecule has 2 saturated heterocycles. The van der Waals surface area contributed by atoms with E-state index in [1.807, 2.05) is 46.2 Å². The van der Waals surface area contributed by atoms with Crippen molar-refractivity contribution in [2.75, 3.05) is 26.7 Å². The maximum Gasteiger partial charge on any atom is 0.230 e. The summed E-state index contributed by atoms with van der Waals surface area (Å²) in [5.74, 6) is -0.0170. The van der Waals surface area contributed by atoms with Crippen LogP contribution in [0.5, 0.6) is 5.75 Å². The Labute approximate surface area is 170 Å². The molecule has 0 aromatic heterocycles. The van der Waals surface area contributed by atoms with Gasteiger partial charge in [-0.05, 0) is 31.0 Å². The molecule has 0 aliphatic carbocycles. The van der Waals surface area contributed by atoms with Crippen molar-refractivity contribution in [1.29, 1.82) is 0 Å². The third-order valence-electron chi connectivity index (χ3n) is 6.72. The smallest absolute Gasteiger partial charge is 0.230 e. The zero-order valence-corrected chi connectivity index (χ0v) is 16.8. The number of carbonyl (C=O) groups is 2. The van der Waals surface area contributed by atoms with E-state index in [2.05, 4.69) is 13.0 Å². The number of benzene rings is 1. The molecule has 2 amide bonds. The molecule has 1 aromatic carbocycles. The van der Waals surface area contributed by atoms with Crippen LogP contribution in [0.1, 0.15) is 18.9 Å². The second kappa shape index (κ2) is 6.73. The summed E-state index contributed by atoms with van der Waals surface area (Å²) in [4.78, 5) is 30.4. The van der Waals surface area contributed by atoms with E-state index < -0.39 is 17.4 Å². The first-order chi connectivity index (χ1) is 14.0. The standard InChI is InChI=1S/C23H26N2O4/c1-15-7-10-24(11-8-15)21(26)19-18-6-9-23(29-18)14-25(22(27)20(19)23)13-16-4-3-5-17(12-16)28-2/h3-7,9,12,18-20H,8,10-11,13-14H2,1-2H3/t18-,19-,20-,23-/m0/s1. The predicted octanol–water partition coefficient (Wildman–Crippen LogP) is 2.16. The third-order valence-corrected chi connectivity index (χ3v) is 6.72. The van der Waals surface area contributed by atoms with Gasteiger partial charge in [-0.15, -0.1) is 0 Å². The van der Waals surface area contributed by atoms with Gasteiger partial charge in [0.25, 0.3) is 0 Å². The lowest BCUT2D eigenvalue weighted by atomic mass is 9.76. The van der Waals surface area contributed by atoms with E-state index in [0.717, 1.165) is 24.3 Å². The number of methoxy groups -OCH3 is 1. The Kier molecular flexibility index (Phi) is 4.28. The van der Waals surface area contributed by atoms with Crippen molar-refractivity contribution in [3.63, 3.8) is 0 Å². The maximum atomic E-state index is 13.4. The highest BCUT2D eigenvalue weighted by molar-refractivity contribution is 5.93. The summed E-state index contributed by atoms with van der Waals surface area (Å²) < 4.78 is 11.5. The Morgan fingerprint density at radius 2 is 2.24 bits per heavy atom. The lowest BCUT2D eigenvalue weighted by molar-refractivity contribution is -0.143.